The van der Waals surface area contributed by atoms with Crippen LogP contribution in [0, 0.1) is 12.7 Å². The monoisotopic (exact) mass is 271 g/mol. The number of nitrogens with one attached hydrogen (secondary N) is 2. The number of anilines is 1. The maximum atomic E-state index is 13.9. The standard InChI is InChI=1S/C15H14FN3O/c1-3-9-11(16)4-5-12-14(9)10(15(20)19-12)6-13-8(2)17-7-18-13/h4-7H,3H2,1-2H3,(H,17,18)(H,19,20)/b10-6-. The number of nitrogens with zero attached hydrogens (tertiary/aromatic N) is 1. The van der Waals surface area contributed by atoms with Crippen LogP contribution in [-0.4, -0.2) is 15.9 Å². The predicted octanol–water partition coefficient (Wildman–Crippen LogP) is 2.91. The summed E-state index contributed by atoms with van der Waals surface area (Å²) in [6.45, 7) is 3.75. The van der Waals surface area contributed by atoms with Gasteiger partial charge in [-0.25, -0.2) is 9.37 Å². The number of rotatable bonds is 2. The van der Waals surface area contributed by atoms with E-state index in [1.807, 2.05) is 13.8 Å². The molecule has 0 unspecified atom stereocenters. The number of hydrogen-bond donors (Lipinski definition) is 2. The second kappa shape index (κ2) is 4.59. The highest BCUT2D eigenvalue weighted by Crippen LogP contribution is 2.37. The van der Waals surface area contributed by atoms with Crippen LogP contribution in [0.15, 0.2) is 18.5 Å². The lowest BCUT2D eigenvalue weighted by Crippen LogP contribution is -2.03. The van der Waals surface area contributed by atoms with Crippen molar-refractivity contribution in [3.05, 3.63) is 46.8 Å². The molecule has 2 aromatic rings. The van der Waals surface area contributed by atoms with Gasteiger partial charge in [0.2, 0.25) is 0 Å². The summed E-state index contributed by atoms with van der Waals surface area (Å²) in [5.74, 6) is -0.505. The Labute approximate surface area is 115 Å². The van der Waals surface area contributed by atoms with E-state index in [0.717, 1.165) is 5.69 Å². The van der Waals surface area contributed by atoms with Crippen molar-refractivity contribution in [2.24, 2.45) is 0 Å². The van der Waals surface area contributed by atoms with Gasteiger partial charge in [0.25, 0.3) is 5.91 Å². The number of aromatic nitrogens is 2. The van der Waals surface area contributed by atoms with Crippen LogP contribution in [0.5, 0.6) is 0 Å². The molecule has 0 saturated heterocycles. The molecule has 0 aliphatic carbocycles. The van der Waals surface area contributed by atoms with E-state index in [0.29, 0.717) is 34.5 Å². The van der Waals surface area contributed by atoms with Crippen molar-refractivity contribution < 1.29 is 9.18 Å². The zero-order valence-corrected chi connectivity index (χ0v) is 11.2. The number of H-pyrrole nitrogens is 1. The van der Waals surface area contributed by atoms with Crippen LogP contribution in [0.4, 0.5) is 10.1 Å². The van der Waals surface area contributed by atoms with Crippen LogP contribution in [0.25, 0.3) is 11.6 Å². The van der Waals surface area contributed by atoms with Gasteiger partial charge in [0.1, 0.15) is 5.82 Å². The first-order valence-electron chi connectivity index (χ1n) is 6.46. The molecule has 0 radical (unpaired) electrons. The molecule has 3 rings (SSSR count). The Morgan fingerprint density at radius 2 is 2.20 bits per heavy atom. The van der Waals surface area contributed by atoms with Gasteiger partial charge in [0.05, 0.1) is 17.6 Å². The number of carbonyl (C=O) groups is 1. The van der Waals surface area contributed by atoms with Gasteiger partial charge in [-0.2, -0.15) is 0 Å². The minimum atomic E-state index is -0.285. The SMILES string of the molecule is CCc1c(F)ccc2c1/C(=C/c1nc[nH]c1C)C(=O)N2. The minimum Gasteiger partial charge on any atom is -0.348 e. The van der Waals surface area contributed by atoms with Crippen molar-refractivity contribution in [3.8, 4) is 0 Å². The Balaban J connectivity index is 2.21. The molecular formula is C15H14FN3O. The van der Waals surface area contributed by atoms with Crippen LogP contribution in [0.2, 0.25) is 0 Å². The first kappa shape index (κ1) is 12.6. The van der Waals surface area contributed by atoms with E-state index in [4.69, 9.17) is 0 Å². The third kappa shape index (κ3) is 1.82. The van der Waals surface area contributed by atoms with Crippen molar-refractivity contribution in [1.29, 1.82) is 0 Å². The molecule has 1 aliphatic heterocycles. The summed E-state index contributed by atoms with van der Waals surface area (Å²) in [6.07, 6.45) is 3.80. The number of imidazole rings is 1. The second-order valence-electron chi connectivity index (χ2n) is 4.73. The van der Waals surface area contributed by atoms with Gasteiger partial charge >= 0.3 is 0 Å². The smallest absolute Gasteiger partial charge is 0.256 e. The second-order valence-corrected chi connectivity index (χ2v) is 4.73. The number of aryl methyl sites for hydroxylation is 1. The van der Waals surface area contributed by atoms with Gasteiger partial charge < -0.3 is 10.3 Å². The van der Waals surface area contributed by atoms with Gasteiger partial charge in [-0.05, 0) is 37.1 Å². The average Bonchev–Trinajstić information content (AvgIpc) is 2.96. The maximum Gasteiger partial charge on any atom is 0.256 e. The molecule has 0 saturated carbocycles. The molecule has 1 amide bonds. The summed E-state index contributed by atoms with van der Waals surface area (Å²) in [4.78, 5) is 19.2. The van der Waals surface area contributed by atoms with Gasteiger partial charge in [0.15, 0.2) is 0 Å². The Kier molecular flexibility index (Phi) is 2.89. The van der Waals surface area contributed by atoms with Crippen LogP contribution in [0.1, 0.15) is 29.4 Å². The van der Waals surface area contributed by atoms with Crippen molar-refractivity contribution in [1.82, 2.24) is 9.97 Å². The van der Waals surface area contributed by atoms with Crippen LogP contribution in [0.3, 0.4) is 0 Å². The van der Waals surface area contributed by atoms with Gasteiger partial charge in [-0.15, -0.1) is 0 Å². The van der Waals surface area contributed by atoms with E-state index in [-0.39, 0.29) is 11.7 Å². The zero-order chi connectivity index (χ0) is 14.3. The molecular weight excluding hydrogens is 257 g/mol. The fourth-order valence-corrected chi connectivity index (χ4v) is 2.47. The number of benzene rings is 1. The molecule has 1 aromatic carbocycles. The number of aromatic amines is 1. The van der Waals surface area contributed by atoms with Crippen molar-refractivity contribution >= 4 is 23.2 Å². The third-order valence-electron chi connectivity index (χ3n) is 3.52. The molecule has 0 atom stereocenters. The number of hydrogen-bond acceptors (Lipinski definition) is 2. The predicted molar refractivity (Wildman–Crippen MR) is 75.6 cm³/mol. The van der Waals surface area contributed by atoms with E-state index >= 15 is 0 Å². The highest BCUT2D eigenvalue weighted by Gasteiger charge is 2.28. The van der Waals surface area contributed by atoms with Crippen LogP contribution in [-0.2, 0) is 11.2 Å². The molecule has 0 spiro atoms. The van der Waals surface area contributed by atoms with Crippen molar-refractivity contribution in [2.75, 3.05) is 5.32 Å². The van der Waals surface area contributed by atoms with Crippen molar-refractivity contribution in [2.45, 2.75) is 20.3 Å². The molecule has 1 aromatic heterocycles. The van der Waals surface area contributed by atoms with E-state index in [2.05, 4.69) is 15.3 Å². The summed E-state index contributed by atoms with van der Waals surface area (Å²) in [5.41, 5.74) is 3.89. The van der Waals surface area contributed by atoms with Crippen molar-refractivity contribution in [3.63, 3.8) is 0 Å². The van der Waals surface area contributed by atoms with E-state index in [9.17, 15) is 9.18 Å². The Morgan fingerprint density at radius 3 is 2.85 bits per heavy atom. The topological polar surface area (TPSA) is 57.8 Å². The van der Waals surface area contributed by atoms with E-state index in [1.54, 1.807) is 18.5 Å². The summed E-state index contributed by atoms with van der Waals surface area (Å²) in [7, 11) is 0. The van der Waals surface area contributed by atoms with Gasteiger partial charge in [-0.1, -0.05) is 6.92 Å². The van der Waals surface area contributed by atoms with Crippen LogP contribution >= 0.6 is 0 Å². The number of carbonyl (C=O) groups excluding carboxylic acids is 1. The molecule has 0 fully saturated rings. The maximum absolute atomic E-state index is 13.9. The lowest BCUT2D eigenvalue weighted by molar-refractivity contribution is -0.110. The molecule has 1 aliphatic rings. The lowest BCUT2D eigenvalue weighted by Gasteiger charge is -2.07. The number of halogens is 1. The fourth-order valence-electron chi connectivity index (χ4n) is 2.47. The molecule has 5 heteroatoms. The van der Waals surface area contributed by atoms with Gasteiger partial charge in [-0.3, -0.25) is 4.79 Å². The Bertz CT molecular complexity index is 731. The first-order chi connectivity index (χ1) is 9.61. The van der Waals surface area contributed by atoms with E-state index in [1.165, 1.54) is 6.07 Å². The fraction of sp³-hybridized carbons (Fsp3) is 0.200. The highest BCUT2D eigenvalue weighted by atomic mass is 19.1. The normalized spacial score (nSPS) is 15.6. The highest BCUT2D eigenvalue weighted by molar-refractivity contribution is 6.35. The minimum absolute atomic E-state index is 0.220. The molecule has 2 N–H and O–H groups in total. The Morgan fingerprint density at radius 1 is 1.40 bits per heavy atom. The summed E-state index contributed by atoms with van der Waals surface area (Å²) >= 11 is 0. The summed E-state index contributed by atoms with van der Waals surface area (Å²) < 4.78 is 13.9. The Hall–Kier alpha value is -2.43. The average molecular weight is 271 g/mol. The molecule has 4 nitrogen and oxygen atoms in total. The largest absolute Gasteiger partial charge is 0.348 e. The van der Waals surface area contributed by atoms with Gasteiger partial charge in [0, 0.05) is 16.9 Å². The lowest BCUT2D eigenvalue weighted by atomic mass is 9.97. The van der Waals surface area contributed by atoms with Crippen LogP contribution < -0.4 is 5.32 Å². The number of amides is 1. The van der Waals surface area contributed by atoms with E-state index < -0.39 is 0 Å². The summed E-state index contributed by atoms with van der Waals surface area (Å²) in [6, 6.07) is 2.99. The molecule has 0 bridgehead atoms. The quantitative estimate of drug-likeness (QED) is 0.825. The third-order valence-corrected chi connectivity index (χ3v) is 3.52. The summed E-state index contributed by atoms with van der Waals surface area (Å²) in [5, 5.41) is 2.77. The first-order valence-corrected chi connectivity index (χ1v) is 6.46. The molecule has 102 valence electrons. The number of fused-ring (bicyclic) bond motifs is 1. The zero-order valence-electron chi connectivity index (χ0n) is 11.2. The molecule has 2 heterocycles. The molecule has 20 heavy (non-hydrogen) atoms.